The van der Waals surface area contributed by atoms with E-state index in [9.17, 15) is 9.59 Å². The Morgan fingerprint density at radius 3 is 2.62 bits per heavy atom. The predicted octanol–water partition coefficient (Wildman–Crippen LogP) is 4.97. The third-order valence-electron chi connectivity index (χ3n) is 3.52. The van der Waals surface area contributed by atoms with Crippen LogP contribution in [-0.4, -0.2) is 16.7 Å². The summed E-state index contributed by atoms with van der Waals surface area (Å²) < 4.78 is 1.96. The number of aromatic nitrogens is 1. The number of ketones is 1. The maximum absolute atomic E-state index is 12.1. The second-order valence-electron chi connectivity index (χ2n) is 5.39. The summed E-state index contributed by atoms with van der Waals surface area (Å²) in [5, 5.41) is 3.83. The molecule has 1 heterocycles. The van der Waals surface area contributed by atoms with Gasteiger partial charge in [0.1, 0.15) is 0 Å². The Morgan fingerprint density at radius 1 is 1.12 bits per heavy atom. The predicted molar refractivity (Wildman–Crippen MR) is 101 cm³/mol. The van der Waals surface area contributed by atoms with E-state index in [1.807, 2.05) is 37.3 Å². The molecular weight excluding hydrogens is 388 g/mol. The van der Waals surface area contributed by atoms with Crippen LogP contribution in [-0.2, 0) is 4.79 Å². The van der Waals surface area contributed by atoms with Gasteiger partial charge in [0.25, 0.3) is 0 Å². The van der Waals surface area contributed by atoms with Crippen molar-refractivity contribution in [2.75, 3.05) is 5.32 Å². The van der Waals surface area contributed by atoms with Gasteiger partial charge in [-0.05, 0) is 37.3 Å². The van der Waals surface area contributed by atoms with Gasteiger partial charge in [-0.3, -0.25) is 9.59 Å². The first-order valence-electron chi connectivity index (χ1n) is 7.47. The largest absolute Gasteiger partial charge is 0.326 e. The van der Waals surface area contributed by atoms with E-state index in [4.69, 9.17) is 0 Å². The molecule has 0 atom stereocenters. The molecule has 1 aromatic heterocycles. The van der Waals surface area contributed by atoms with Gasteiger partial charge in [0.2, 0.25) is 5.91 Å². The number of carbonyl (C=O) groups excluding carboxylic acids is 2. The minimum atomic E-state index is -0.166. The normalized spacial score (nSPS) is 10.8. The molecule has 1 amide bonds. The van der Waals surface area contributed by atoms with Gasteiger partial charge in [-0.15, -0.1) is 11.3 Å². The molecule has 0 aliphatic rings. The number of hydrogen-bond acceptors (Lipinski definition) is 4. The molecular formula is C18H15BrN2O2S. The zero-order valence-electron chi connectivity index (χ0n) is 13.0. The molecule has 0 fully saturated rings. The Bertz CT molecular complexity index is 903. The second-order valence-corrected chi connectivity index (χ2v) is 7.54. The summed E-state index contributed by atoms with van der Waals surface area (Å²) in [7, 11) is 0. The first-order chi connectivity index (χ1) is 11.5. The molecule has 0 aliphatic carbocycles. The average Bonchev–Trinajstić information content (AvgIpc) is 2.92. The summed E-state index contributed by atoms with van der Waals surface area (Å²) in [6.45, 7) is 1.96. The van der Waals surface area contributed by atoms with E-state index in [1.165, 1.54) is 0 Å². The van der Waals surface area contributed by atoms with Gasteiger partial charge in [0, 0.05) is 28.6 Å². The molecule has 1 N–H and O–H groups in total. The van der Waals surface area contributed by atoms with Crippen LogP contribution in [0.3, 0.4) is 0 Å². The zero-order valence-corrected chi connectivity index (χ0v) is 15.4. The quantitative estimate of drug-likeness (QED) is 0.612. The van der Waals surface area contributed by atoms with Crippen LogP contribution in [0.5, 0.6) is 0 Å². The highest BCUT2D eigenvalue weighted by Crippen LogP contribution is 2.24. The van der Waals surface area contributed by atoms with E-state index in [0.717, 1.165) is 25.4 Å². The number of amides is 1. The number of halogens is 1. The monoisotopic (exact) mass is 402 g/mol. The van der Waals surface area contributed by atoms with Crippen molar-refractivity contribution in [2.24, 2.45) is 0 Å². The Kier molecular flexibility index (Phi) is 5.06. The molecule has 0 radical (unpaired) electrons. The lowest BCUT2D eigenvalue weighted by molar-refractivity contribution is -0.116. The lowest BCUT2D eigenvalue weighted by atomic mass is 10.1. The topological polar surface area (TPSA) is 59.1 Å². The molecule has 0 unspecified atom stereocenters. The van der Waals surface area contributed by atoms with Crippen LogP contribution in [0.1, 0.15) is 28.2 Å². The first kappa shape index (κ1) is 16.8. The number of rotatable bonds is 5. The van der Waals surface area contributed by atoms with Crippen LogP contribution in [0.25, 0.3) is 10.2 Å². The fourth-order valence-corrected chi connectivity index (χ4v) is 3.48. The molecule has 4 nitrogen and oxygen atoms in total. The molecule has 0 saturated heterocycles. The number of anilines is 1. The standard InChI is InChI=1S/C18H15BrN2O2S/c1-11-20-15-7-6-14(10-17(15)24-11)21-18(23)9-8-16(22)12-2-4-13(19)5-3-12/h2-7,10H,8-9H2,1H3,(H,21,23). The number of nitrogens with zero attached hydrogens (tertiary/aromatic N) is 1. The minimum Gasteiger partial charge on any atom is -0.326 e. The SMILES string of the molecule is Cc1nc2ccc(NC(=O)CCC(=O)c3ccc(Br)cc3)cc2s1. The maximum Gasteiger partial charge on any atom is 0.224 e. The number of nitrogens with one attached hydrogen (secondary N) is 1. The van der Waals surface area contributed by atoms with Gasteiger partial charge in [-0.25, -0.2) is 4.98 Å². The van der Waals surface area contributed by atoms with Crippen molar-refractivity contribution >= 4 is 54.9 Å². The van der Waals surface area contributed by atoms with Crippen molar-refractivity contribution in [3.05, 3.63) is 57.5 Å². The molecule has 6 heteroatoms. The van der Waals surface area contributed by atoms with E-state index in [-0.39, 0.29) is 24.5 Å². The van der Waals surface area contributed by atoms with E-state index in [1.54, 1.807) is 23.5 Å². The zero-order chi connectivity index (χ0) is 17.1. The van der Waals surface area contributed by atoms with Gasteiger partial charge in [-0.1, -0.05) is 28.1 Å². The van der Waals surface area contributed by atoms with Gasteiger partial charge in [0.05, 0.1) is 15.2 Å². The van der Waals surface area contributed by atoms with E-state index in [2.05, 4.69) is 26.2 Å². The Hall–Kier alpha value is -2.05. The average molecular weight is 403 g/mol. The van der Waals surface area contributed by atoms with Crippen LogP contribution in [0, 0.1) is 6.92 Å². The number of Topliss-reactive ketones (excluding diaryl/α,β-unsaturated/α-hetero) is 1. The summed E-state index contributed by atoms with van der Waals surface area (Å²) in [4.78, 5) is 28.5. The van der Waals surface area contributed by atoms with Crippen molar-refractivity contribution in [2.45, 2.75) is 19.8 Å². The van der Waals surface area contributed by atoms with E-state index >= 15 is 0 Å². The van der Waals surface area contributed by atoms with Crippen LogP contribution in [0.2, 0.25) is 0 Å². The Morgan fingerprint density at radius 2 is 1.88 bits per heavy atom. The van der Waals surface area contributed by atoms with E-state index < -0.39 is 0 Å². The van der Waals surface area contributed by atoms with Crippen LogP contribution >= 0.6 is 27.3 Å². The third kappa shape index (κ3) is 4.07. The van der Waals surface area contributed by atoms with Crippen LogP contribution in [0.15, 0.2) is 46.9 Å². The summed E-state index contributed by atoms with van der Waals surface area (Å²) in [5.41, 5.74) is 2.28. The maximum atomic E-state index is 12.1. The van der Waals surface area contributed by atoms with Crippen LogP contribution in [0.4, 0.5) is 5.69 Å². The molecule has 122 valence electrons. The lowest BCUT2D eigenvalue weighted by Gasteiger charge is -2.05. The van der Waals surface area contributed by atoms with Gasteiger partial charge in [-0.2, -0.15) is 0 Å². The van der Waals surface area contributed by atoms with E-state index in [0.29, 0.717) is 5.56 Å². The van der Waals surface area contributed by atoms with Crippen molar-refractivity contribution in [3.8, 4) is 0 Å². The van der Waals surface area contributed by atoms with Crippen LogP contribution < -0.4 is 5.32 Å². The summed E-state index contributed by atoms with van der Waals surface area (Å²) >= 11 is 4.92. The molecule has 0 aliphatic heterocycles. The fraction of sp³-hybridized carbons (Fsp3) is 0.167. The van der Waals surface area contributed by atoms with Crippen molar-refractivity contribution in [1.29, 1.82) is 0 Å². The summed E-state index contributed by atoms with van der Waals surface area (Å²) in [5.74, 6) is -0.202. The van der Waals surface area contributed by atoms with Crippen molar-refractivity contribution in [3.63, 3.8) is 0 Å². The fourth-order valence-electron chi connectivity index (χ4n) is 2.35. The molecule has 0 spiro atoms. The molecule has 3 rings (SSSR count). The number of carbonyl (C=O) groups is 2. The molecule has 24 heavy (non-hydrogen) atoms. The minimum absolute atomic E-state index is 0.0359. The number of hydrogen-bond donors (Lipinski definition) is 1. The number of benzene rings is 2. The Labute approximate surface area is 152 Å². The number of thiazole rings is 1. The van der Waals surface area contributed by atoms with Crippen molar-refractivity contribution < 1.29 is 9.59 Å². The molecule has 0 bridgehead atoms. The van der Waals surface area contributed by atoms with Gasteiger partial charge >= 0.3 is 0 Å². The summed E-state index contributed by atoms with van der Waals surface area (Å²) in [6, 6.07) is 12.8. The molecule has 0 saturated carbocycles. The Balaban J connectivity index is 1.58. The lowest BCUT2D eigenvalue weighted by Crippen LogP contribution is -2.13. The number of aryl methyl sites for hydroxylation is 1. The third-order valence-corrected chi connectivity index (χ3v) is 4.99. The van der Waals surface area contributed by atoms with Gasteiger partial charge in [0.15, 0.2) is 5.78 Å². The highest BCUT2D eigenvalue weighted by molar-refractivity contribution is 9.10. The number of fused-ring (bicyclic) bond motifs is 1. The first-order valence-corrected chi connectivity index (χ1v) is 9.08. The highest BCUT2D eigenvalue weighted by Gasteiger charge is 2.10. The smallest absolute Gasteiger partial charge is 0.224 e. The summed E-state index contributed by atoms with van der Waals surface area (Å²) in [6.07, 6.45) is 0.351. The molecule has 3 aromatic rings. The second kappa shape index (κ2) is 7.23. The van der Waals surface area contributed by atoms with Crippen molar-refractivity contribution in [1.82, 2.24) is 4.98 Å². The highest BCUT2D eigenvalue weighted by atomic mass is 79.9. The molecule has 2 aromatic carbocycles. The van der Waals surface area contributed by atoms with Gasteiger partial charge < -0.3 is 5.32 Å².